The first kappa shape index (κ1) is 15.0. The van der Waals surface area contributed by atoms with Crippen LogP contribution in [0.5, 0.6) is 0 Å². The van der Waals surface area contributed by atoms with Gasteiger partial charge in [-0.2, -0.15) is 0 Å². The van der Waals surface area contributed by atoms with Crippen LogP contribution < -0.4 is 4.72 Å². The van der Waals surface area contributed by atoms with E-state index in [0.29, 0.717) is 22.2 Å². The van der Waals surface area contributed by atoms with Gasteiger partial charge in [0, 0.05) is 11.4 Å². The van der Waals surface area contributed by atoms with Crippen molar-refractivity contribution in [2.75, 3.05) is 6.54 Å². The van der Waals surface area contributed by atoms with Crippen molar-refractivity contribution in [1.29, 1.82) is 0 Å². The summed E-state index contributed by atoms with van der Waals surface area (Å²) in [7, 11) is -3.37. The molecular weight excluding hydrogens is 326 g/mol. The van der Waals surface area contributed by atoms with E-state index < -0.39 is 10.0 Å². The van der Waals surface area contributed by atoms with Crippen molar-refractivity contribution in [3.05, 3.63) is 29.8 Å². The maximum atomic E-state index is 12.3. The number of sulfonamides is 1. The van der Waals surface area contributed by atoms with Crippen molar-refractivity contribution in [3.8, 4) is 0 Å². The largest absolute Gasteiger partial charge is 0.240 e. The van der Waals surface area contributed by atoms with Crippen molar-refractivity contribution < 1.29 is 8.42 Å². The van der Waals surface area contributed by atoms with Crippen LogP contribution in [0.25, 0.3) is 0 Å². The van der Waals surface area contributed by atoms with Gasteiger partial charge >= 0.3 is 0 Å². The second-order valence-corrected chi connectivity index (χ2v) is 8.28. The van der Waals surface area contributed by atoms with Gasteiger partial charge < -0.3 is 0 Å². The number of alkyl halides is 1. The number of nitrogens with one attached hydrogen (secondary N) is 1. The molecule has 1 N–H and O–H groups in total. The van der Waals surface area contributed by atoms with Crippen molar-refractivity contribution in [2.45, 2.75) is 42.3 Å². The minimum Gasteiger partial charge on any atom is -0.211 e. The van der Waals surface area contributed by atoms with E-state index in [1.54, 1.807) is 12.1 Å². The van der Waals surface area contributed by atoms with Crippen LogP contribution in [0.2, 0.25) is 0 Å². The molecule has 106 valence electrons. The monoisotopic (exact) mass is 345 g/mol. The molecular formula is C14H20BrNO2S. The van der Waals surface area contributed by atoms with Crippen molar-refractivity contribution in [3.63, 3.8) is 0 Å². The Balaban J connectivity index is 2.00. The lowest BCUT2D eigenvalue weighted by molar-refractivity contribution is 0.368. The molecule has 2 unspecified atom stereocenters. The Morgan fingerprint density at radius 1 is 1.32 bits per heavy atom. The van der Waals surface area contributed by atoms with Gasteiger partial charge in [-0.05, 0) is 43.7 Å². The quantitative estimate of drug-likeness (QED) is 0.851. The van der Waals surface area contributed by atoms with Gasteiger partial charge in [0.25, 0.3) is 0 Å². The van der Waals surface area contributed by atoms with Crippen LogP contribution >= 0.6 is 15.9 Å². The topological polar surface area (TPSA) is 46.2 Å². The molecule has 0 amide bonds. The van der Waals surface area contributed by atoms with Gasteiger partial charge in [0.05, 0.1) is 4.90 Å². The molecule has 2 atom stereocenters. The number of aryl methyl sites for hydroxylation is 1. The summed E-state index contributed by atoms with van der Waals surface area (Å²) < 4.78 is 27.3. The third-order valence-electron chi connectivity index (χ3n) is 3.66. The molecule has 5 heteroatoms. The van der Waals surface area contributed by atoms with E-state index in [1.807, 2.05) is 19.1 Å². The van der Waals surface area contributed by atoms with Gasteiger partial charge in [-0.25, -0.2) is 13.1 Å². The first-order chi connectivity index (χ1) is 8.99. The van der Waals surface area contributed by atoms with Crippen LogP contribution in [0.4, 0.5) is 0 Å². The van der Waals surface area contributed by atoms with Gasteiger partial charge in [0.15, 0.2) is 0 Å². The molecule has 0 radical (unpaired) electrons. The van der Waals surface area contributed by atoms with E-state index in [0.717, 1.165) is 18.4 Å². The highest BCUT2D eigenvalue weighted by atomic mass is 79.9. The average molecular weight is 346 g/mol. The molecule has 3 nitrogen and oxygen atoms in total. The third-order valence-corrected chi connectivity index (χ3v) is 6.08. The van der Waals surface area contributed by atoms with Gasteiger partial charge in [-0.3, -0.25) is 0 Å². The lowest BCUT2D eigenvalue weighted by Crippen LogP contribution is -2.32. The number of hydrogen-bond donors (Lipinski definition) is 1. The van der Waals surface area contributed by atoms with Gasteiger partial charge in [-0.1, -0.05) is 40.5 Å². The van der Waals surface area contributed by atoms with Crippen LogP contribution in [0.3, 0.4) is 0 Å². The number of hydrogen-bond acceptors (Lipinski definition) is 2. The Bertz CT molecular complexity index is 530. The maximum Gasteiger partial charge on any atom is 0.240 e. The zero-order valence-electron chi connectivity index (χ0n) is 11.1. The van der Waals surface area contributed by atoms with Crippen molar-refractivity contribution >= 4 is 26.0 Å². The molecule has 0 saturated heterocycles. The van der Waals surface area contributed by atoms with Crippen LogP contribution in [0, 0.1) is 12.8 Å². The highest BCUT2D eigenvalue weighted by Crippen LogP contribution is 2.28. The second-order valence-electron chi connectivity index (χ2n) is 5.25. The van der Waals surface area contributed by atoms with Gasteiger partial charge in [-0.15, -0.1) is 0 Å². The first-order valence-corrected chi connectivity index (χ1v) is 9.08. The average Bonchev–Trinajstić information content (AvgIpc) is 2.37. The smallest absolute Gasteiger partial charge is 0.211 e. The Morgan fingerprint density at radius 2 is 2.05 bits per heavy atom. The molecule has 1 aliphatic rings. The van der Waals surface area contributed by atoms with Crippen LogP contribution in [0.1, 0.15) is 31.2 Å². The molecule has 0 aliphatic heterocycles. The molecule has 0 spiro atoms. The van der Waals surface area contributed by atoms with Gasteiger partial charge in [0.2, 0.25) is 10.0 Å². The van der Waals surface area contributed by atoms with Crippen molar-refractivity contribution in [1.82, 2.24) is 4.72 Å². The Kier molecular flexibility index (Phi) is 5.03. The van der Waals surface area contributed by atoms with Crippen LogP contribution in [-0.2, 0) is 10.0 Å². The van der Waals surface area contributed by atoms with E-state index >= 15 is 0 Å². The minimum atomic E-state index is -3.37. The summed E-state index contributed by atoms with van der Waals surface area (Å²) in [5, 5.41) is 0. The third kappa shape index (κ3) is 4.04. The summed E-state index contributed by atoms with van der Waals surface area (Å²) in [6, 6.07) is 7.09. The Labute approximate surface area is 124 Å². The van der Waals surface area contributed by atoms with E-state index in [9.17, 15) is 8.42 Å². The zero-order chi connectivity index (χ0) is 13.9. The van der Waals surface area contributed by atoms with E-state index in [-0.39, 0.29) is 0 Å². The van der Waals surface area contributed by atoms with Crippen LogP contribution in [-0.4, -0.2) is 19.8 Å². The molecule has 1 aliphatic carbocycles. The molecule has 19 heavy (non-hydrogen) atoms. The van der Waals surface area contributed by atoms with Crippen molar-refractivity contribution in [2.24, 2.45) is 5.92 Å². The fourth-order valence-corrected chi connectivity index (χ4v) is 4.79. The molecule has 1 aromatic rings. The summed E-state index contributed by atoms with van der Waals surface area (Å²) in [6.07, 6.45) is 4.53. The number of rotatable bonds is 4. The highest BCUT2D eigenvalue weighted by Gasteiger charge is 2.23. The van der Waals surface area contributed by atoms with E-state index in [4.69, 9.17) is 0 Å². The second kappa shape index (κ2) is 6.37. The lowest BCUT2D eigenvalue weighted by Gasteiger charge is -2.25. The number of benzene rings is 1. The molecule has 0 bridgehead atoms. The molecule has 0 aromatic heterocycles. The fraction of sp³-hybridized carbons (Fsp3) is 0.571. The normalized spacial score (nSPS) is 24.3. The SMILES string of the molecule is Cc1ccccc1S(=O)(=O)NCC1CCCC(Br)C1. The molecule has 1 fully saturated rings. The summed E-state index contributed by atoms with van der Waals surface area (Å²) >= 11 is 3.63. The van der Waals surface area contributed by atoms with Crippen LogP contribution in [0.15, 0.2) is 29.2 Å². The standard InChI is InChI=1S/C14H20BrNO2S/c1-11-5-2-3-8-14(11)19(17,18)16-10-12-6-4-7-13(15)9-12/h2-3,5,8,12-13,16H,4,6-7,9-10H2,1H3. The Hall–Kier alpha value is -0.390. The van der Waals surface area contributed by atoms with Gasteiger partial charge in [0.1, 0.15) is 0 Å². The summed E-state index contributed by atoms with van der Waals surface area (Å²) in [5.41, 5.74) is 0.789. The predicted octanol–water partition coefficient (Wildman–Crippen LogP) is 3.23. The maximum absolute atomic E-state index is 12.3. The molecule has 1 aromatic carbocycles. The molecule has 2 rings (SSSR count). The number of halogens is 1. The Morgan fingerprint density at radius 3 is 2.74 bits per heavy atom. The summed E-state index contributed by atoms with van der Waals surface area (Å²) in [4.78, 5) is 0.926. The molecule has 1 saturated carbocycles. The highest BCUT2D eigenvalue weighted by molar-refractivity contribution is 9.09. The predicted molar refractivity (Wildman–Crippen MR) is 81.0 cm³/mol. The summed E-state index contributed by atoms with van der Waals surface area (Å²) in [5.74, 6) is 0.442. The van der Waals surface area contributed by atoms with E-state index in [2.05, 4.69) is 20.7 Å². The first-order valence-electron chi connectivity index (χ1n) is 6.68. The summed E-state index contributed by atoms with van der Waals surface area (Å²) in [6.45, 7) is 2.36. The molecule has 0 heterocycles. The van der Waals surface area contributed by atoms with E-state index in [1.165, 1.54) is 12.8 Å². The zero-order valence-corrected chi connectivity index (χ0v) is 13.5. The fourth-order valence-electron chi connectivity index (χ4n) is 2.57. The lowest BCUT2D eigenvalue weighted by atomic mass is 9.89. The minimum absolute atomic E-state index is 0.390.